The lowest BCUT2D eigenvalue weighted by molar-refractivity contribution is 0.133. The second-order valence-electron chi connectivity index (χ2n) is 4.14. The van der Waals surface area contributed by atoms with Gasteiger partial charge < -0.3 is 0 Å². The fourth-order valence-corrected chi connectivity index (χ4v) is 1.71. The fourth-order valence-electron chi connectivity index (χ4n) is 1.71. The molecule has 3 nitrogen and oxygen atoms in total. The van der Waals surface area contributed by atoms with Gasteiger partial charge in [0.1, 0.15) is 0 Å². The van der Waals surface area contributed by atoms with Crippen molar-refractivity contribution in [3.8, 4) is 6.07 Å². The van der Waals surface area contributed by atoms with Crippen LogP contribution in [-0.2, 0) is 0 Å². The zero-order chi connectivity index (χ0) is 9.19. The summed E-state index contributed by atoms with van der Waals surface area (Å²) in [4.78, 5) is 0. The van der Waals surface area contributed by atoms with E-state index in [-0.39, 0.29) is 5.41 Å². The van der Waals surface area contributed by atoms with E-state index in [1.165, 1.54) is 0 Å². The first-order chi connectivity index (χ1) is 5.56. The summed E-state index contributed by atoms with van der Waals surface area (Å²) in [5.41, 5.74) is -0.179. The second kappa shape index (κ2) is 3.42. The largest absolute Gasteiger partial charge is 0.269 e. The molecule has 0 amide bonds. The van der Waals surface area contributed by atoms with Crippen molar-refractivity contribution >= 4 is 0 Å². The van der Waals surface area contributed by atoms with E-state index in [0.717, 1.165) is 25.9 Å². The smallest absolute Gasteiger partial charge is 0.0686 e. The van der Waals surface area contributed by atoms with E-state index in [0.29, 0.717) is 5.92 Å². The van der Waals surface area contributed by atoms with Crippen LogP contribution >= 0.6 is 0 Å². The Balaban J connectivity index is 2.51. The summed E-state index contributed by atoms with van der Waals surface area (Å²) in [5.74, 6) is 6.15. The molecule has 0 bridgehead atoms. The Morgan fingerprint density at radius 1 is 1.42 bits per heavy atom. The van der Waals surface area contributed by atoms with Crippen molar-refractivity contribution in [3.05, 3.63) is 0 Å². The van der Waals surface area contributed by atoms with Crippen molar-refractivity contribution in [1.82, 2.24) is 5.01 Å². The zero-order valence-corrected chi connectivity index (χ0v) is 7.88. The van der Waals surface area contributed by atoms with E-state index in [2.05, 4.69) is 6.07 Å². The molecule has 1 fully saturated rings. The molecule has 0 saturated carbocycles. The molecule has 0 aromatic rings. The molecule has 68 valence electrons. The van der Waals surface area contributed by atoms with Crippen LogP contribution in [0.1, 0.15) is 26.7 Å². The molecule has 1 aliphatic rings. The van der Waals surface area contributed by atoms with Crippen LogP contribution in [0.3, 0.4) is 0 Å². The van der Waals surface area contributed by atoms with E-state index < -0.39 is 0 Å². The van der Waals surface area contributed by atoms with E-state index >= 15 is 0 Å². The average Bonchev–Trinajstić information content (AvgIpc) is 2.05. The van der Waals surface area contributed by atoms with Gasteiger partial charge in [-0.25, -0.2) is 5.01 Å². The third kappa shape index (κ3) is 1.96. The summed E-state index contributed by atoms with van der Waals surface area (Å²) in [6.07, 6.45) is 2.11. The van der Waals surface area contributed by atoms with Gasteiger partial charge in [-0.2, -0.15) is 5.26 Å². The summed E-state index contributed by atoms with van der Waals surface area (Å²) in [6, 6.07) is 2.37. The lowest BCUT2D eigenvalue weighted by Gasteiger charge is -2.34. The lowest BCUT2D eigenvalue weighted by Crippen LogP contribution is -2.42. The highest BCUT2D eigenvalue weighted by atomic mass is 15.4. The molecule has 0 aromatic heterocycles. The van der Waals surface area contributed by atoms with Gasteiger partial charge in [0.05, 0.1) is 11.5 Å². The van der Waals surface area contributed by atoms with Gasteiger partial charge in [0.15, 0.2) is 0 Å². The SMILES string of the molecule is CC(C)(C#N)C1CCN(N)CC1. The highest BCUT2D eigenvalue weighted by molar-refractivity contribution is 4.97. The minimum Gasteiger partial charge on any atom is -0.269 e. The first-order valence-corrected chi connectivity index (χ1v) is 4.47. The first-order valence-electron chi connectivity index (χ1n) is 4.47. The van der Waals surface area contributed by atoms with Crippen molar-refractivity contribution < 1.29 is 0 Å². The van der Waals surface area contributed by atoms with Crippen LogP contribution in [-0.4, -0.2) is 18.1 Å². The van der Waals surface area contributed by atoms with Gasteiger partial charge in [-0.15, -0.1) is 0 Å². The standard InChI is InChI=1S/C9H17N3/c1-9(2,7-10)8-3-5-12(11)6-4-8/h8H,3-6,11H2,1-2H3. The number of nitriles is 1. The third-order valence-electron chi connectivity index (χ3n) is 2.84. The van der Waals surface area contributed by atoms with Gasteiger partial charge in [0.25, 0.3) is 0 Å². The molecule has 0 spiro atoms. The van der Waals surface area contributed by atoms with E-state index in [1.54, 1.807) is 0 Å². The number of hydrazine groups is 1. The molecule has 12 heavy (non-hydrogen) atoms. The number of hydrogen-bond acceptors (Lipinski definition) is 3. The van der Waals surface area contributed by atoms with Crippen LogP contribution in [0.15, 0.2) is 0 Å². The Labute approximate surface area is 74.1 Å². The zero-order valence-electron chi connectivity index (χ0n) is 7.88. The maximum atomic E-state index is 8.92. The molecule has 1 aliphatic heterocycles. The van der Waals surface area contributed by atoms with Crippen molar-refractivity contribution in [3.63, 3.8) is 0 Å². The van der Waals surface area contributed by atoms with E-state index in [1.807, 2.05) is 18.9 Å². The van der Waals surface area contributed by atoms with Crippen molar-refractivity contribution in [1.29, 1.82) is 5.26 Å². The number of rotatable bonds is 1. The van der Waals surface area contributed by atoms with Gasteiger partial charge >= 0.3 is 0 Å². The number of hydrogen-bond donors (Lipinski definition) is 1. The van der Waals surface area contributed by atoms with Crippen LogP contribution in [0.5, 0.6) is 0 Å². The molecule has 2 N–H and O–H groups in total. The highest BCUT2D eigenvalue weighted by Crippen LogP contribution is 2.33. The van der Waals surface area contributed by atoms with Crippen molar-refractivity contribution in [2.45, 2.75) is 26.7 Å². The van der Waals surface area contributed by atoms with Crippen LogP contribution < -0.4 is 5.84 Å². The molecular weight excluding hydrogens is 150 g/mol. The Morgan fingerprint density at radius 3 is 2.33 bits per heavy atom. The Hall–Kier alpha value is -0.590. The second-order valence-corrected chi connectivity index (χ2v) is 4.14. The van der Waals surface area contributed by atoms with Gasteiger partial charge in [-0.3, -0.25) is 5.84 Å². The Kier molecular flexibility index (Phi) is 2.71. The van der Waals surface area contributed by atoms with Crippen molar-refractivity contribution in [2.75, 3.05) is 13.1 Å². The molecule has 1 rings (SSSR count). The summed E-state index contributed by atoms with van der Waals surface area (Å²) in [6.45, 7) is 5.89. The van der Waals surface area contributed by atoms with Crippen LogP contribution in [0.2, 0.25) is 0 Å². The molecular formula is C9H17N3. The number of nitrogens with two attached hydrogens (primary N) is 1. The Morgan fingerprint density at radius 2 is 1.92 bits per heavy atom. The molecule has 1 heterocycles. The first kappa shape index (κ1) is 9.50. The molecule has 0 atom stereocenters. The average molecular weight is 167 g/mol. The summed E-state index contributed by atoms with van der Waals surface area (Å²) >= 11 is 0. The predicted octanol–water partition coefficient (Wildman–Crippen LogP) is 1.12. The van der Waals surface area contributed by atoms with Gasteiger partial charge in [0.2, 0.25) is 0 Å². The van der Waals surface area contributed by atoms with Crippen LogP contribution in [0.4, 0.5) is 0 Å². The van der Waals surface area contributed by atoms with E-state index in [9.17, 15) is 0 Å². The quantitative estimate of drug-likeness (QED) is 0.595. The minimum absolute atomic E-state index is 0.179. The lowest BCUT2D eigenvalue weighted by atomic mass is 9.75. The molecule has 0 radical (unpaired) electrons. The fraction of sp³-hybridized carbons (Fsp3) is 0.889. The molecule has 0 unspecified atom stereocenters. The molecule has 0 aromatic carbocycles. The van der Waals surface area contributed by atoms with Gasteiger partial charge in [0, 0.05) is 13.1 Å². The minimum atomic E-state index is -0.179. The molecule has 0 aliphatic carbocycles. The predicted molar refractivity (Wildman–Crippen MR) is 47.9 cm³/mol. The maximum Gasteiger partial charge on any atom is 0.0686 e. The molecule has 1 saturated heterocycles. The number of piperidine rings is 1. The Bertz CT molecular complexity index is 184. The van der Waals surface area contributed by atoms with Gasteiger partial charge in [-0.05, 0) is 32.6 Å². The third-order valence-corrected chi connectivity index (χ3v) is 2.84. The van der Waals surface area contributed by atoms with E-state index in [4.69, 9.17) is 11.1 Å². The summed E-state index contributed by atoms with van der Waals surface area (Å²) in [5, 5.41) is 10.8. The summed E-state index contributed by atoms with van der Waals surface area (Å²) < 4.78 is 0. The molecule has 3 heteroatoms. The normalized spacial score (nSPS) is 22.2. The maximum absolute atomic E-state index is 8.92. The highest BCUT2D eigenvalue weighted by Gasteiger charge is 2.31. The topological polar surface area (TPSA) is 53.0 Å². The van der Waals surface area contributed by atoms with Gasteiger partial charge in [-0.1, -0.05) is 0 Å². The monoisotopic (exact) mass is 167 g/mol. The number of nitrogens with zero attached hydrogens (tertiary/aromatic N) is 2. The summed E-state index contributed by atoms with van der Waals surface area (Å²) in [7, 11) is 0. The van der Waals surface area contributed by atoms with Crippen LogP contribution in [0.25, 0.3) is 0 Å². The van der Waals surface area contributed by atoms with Crippen LogP contribution in [0, 0.1) is 22.7 Å². The van der Waals surface area contributed by atoms with Crippen molar-refractivity contribution in [2.24, 2.45) is 17.2 Å².